The van der Waals surface area contributed by atoms with Gasteiger partial charge in [-0.2, -0.15) is 0 Å². The number of nitrogens with zero attached hydrogens (tertiary/aromatic N) is 2. The Balaban J connectivity index is 2.34. The molecule has 1 unspecified atom stereocenters. The van der Waals surface area contributed by atoms with Crippen LogP contribution in [0.3, 0.4) is 0 Å². The molecule has 2 aromatic rings. The van der Waals surface area contributed by atoms with E-state index in [4.69, 9.17) is 5.73 Å². The minimum atomic E-state index is -0.105. The lowest BCUT2D eigenvalue weighted by Crippen LogP contribution is -2.17. The van der Waals surface area contributed by atoms with Crippen molar-refractivity contribution in [3.05, 3.63) is 54.1 Å². The van der Waals surface area contributed by atoms with Crippen molar-refractivity contribution in [1.29, 1.82) is 0 Å². The molecule has 0 fully saturated rings. The Labute approximate surface area is 95.9 Å². The van der Waals surface area contributed by atoms with Crippen molar-refractivity contribution in [3.63, 3.8) is 0 Å². The average Bonchev–Trinajstić information content (AvgIpc) is 2.78. The van der Waals surface area contributed by atoms with E-state index < -0.39 is 0 Å². The van der Waals surface area contributed by atoms with Crippen LogP contribution in [-0.2, 0) is 0 Å². The first-order chi connectivity index (χ1) is 7.70. The Morgan fingerprint density at radius 1 is 1.19 bits per heavy atom. The van der Waals surface area contributed by atoms with Crippen LogP contribution in [0.2, 0.25) is 0 Å². The van der Waals surface area contributed by atoms with Crippen molar-refractivity contribution < 1.29 is 0 Å². The van der Waals surface area contributed by atoms with Crippen molar-refractivity contribution in [2.45, 2.75) is 25.9 Å². The van der Waals surface area contributed by atoms with E-state index in [1.54, 1.807) is 0 Å². The summed E-state index contributed by atoms with van der Waals surface area (Å²) in [7, 11) is 0. The normalized spacial score (nSPS) is 13.0. The summed E-state index contributed by atoms with van der Waals surface area (Å²) in [6.45, 7) is 4.26. The van der Waals surface area contributed by atoms with Crippen molar-refractivity contribution in [2.75, 3.05) is 0 Å². The van der Waals surface area contributed by atoms with Crippen molar-refractivity contribution in [1.82, 2.24) is 9.55 Å². The summed E-state index contributed by atoms with van der Waals surface area (Å²) >= 11 is 0. The molecule has 0 aliphatic carbocycles. The lowest BCUT2D eigenvalue weighted by molar-refractivity contribution is 0.560. The molecule has 0 saturated carbocycles. The Morgan fingerprint density at radius 2 is 1.88 bits per heavy atom. The third kappa shape index (κ3) is 1.99. The van der Waals surface area contributed by atoms with E-state index in [-0.39, 0.29) is 6.04 Å². The van der Waals surface area contributed by atoms with Crippen LogP contribution in [-0.4, -0.2) is 9.55 Å². The SMILES string of the molecule is CC(C)n1cncc1C(N)c1ccccc1. The zero-order chi connectivity index (χ0) is 11.5. The average molecular weight is 215 g/mol. The first kappa shape index (κ1) is 10.9. The number of hydrogen-bond acceptors (Lipinski definition) is 2. The van der Waals surface area contributed by atoms with Gasteiger partial charge in [0.15, 0.2) is 0 Å². The monoisotopic (exact) mass is 215 g/mol. The molecule has 0 aliphatic heterocycles. The molecular weight excluding hydrogens is 198 g/mol. The molecule has 1 aromatic carbocycles. The first-order valence-electron chi connectivity index (χ1n) is 5.52. The summed E-state index contributed by atoms with van der Waals surface area (Å²) in [5, 5.41) is 0. The number of imidazole rings is 1. The second kappa shape index (κ2) is 4.49. The molecule has 2 N–H and O–H groups in total. The maximum atomic E-state index is 6.24. The fourth-order valence-corrected chi connectivity index (χ4v) is 1.82. The van der Waals surface area contributed by atoms with Gasteiger partial charge < -0.3 is 10.3 Å². The number of hydrogen-bond donors (Lipinski definition) is 1. The molecule has 0 bridgehead atoms. The molecule has 0 amide bonds. The minimum absolute atomic E-state index is 0.105. The number of rotatable bonds is 3. The lowest BCUT2D eigenvalue weighted by Gasteiger charge is -2.17. The fraction of sp³-hybridized carbons (Fsp3) is 0.308. The van der Waals surface area contributed by atoms with Crippen molar-refractivity contribution >= 4 is 0 Å². The third-order valence-electron chi connectivity index (χ3n) is 2.73. The van der Waals surface area contributed by atoms with Gasteiger partial charge in [0, 0.05) is 6.04 Å². The smallest absolute Gasteiger partial charge is 0.0951 e. The molecule has 0 aliphatic rings. The van der Waals surface area contributed by atoms with Crippen molar-refractivity contribution in [3.8, 4) is 0 Å². The highest BCUT2D eigenvalue weighted by Gasteiger charge is 2.14. The zero-order valence-electron chi connectivity index (χ0n) is 9.67. The largest absolute Gasteiger partial charge is 0.330 e. The van der Waals surface area contributed by atoms with Gasteiger partial charge in [-0.15, -0.1) is 0 Å². The topological polar surface area (TPSA) is 43.8 Å². The molecule has 3 nitrogen and oxygen atoms in total. The Hall–Kier alpha value is -1.61. The summed E-state index contributed by atoms with van der Waals surface area (Å²) in [5.41, 5.74) is 8.41. The highest BCUT2D eigenvalue weighted by atomic mass is 15.1. The molecule has 0 spiro atoms. The molecule has 2 rings (SSSR count). The van der Waals surface area contributed by atoms with Crippen LogP contribution >= 0.6 is 0 Å². The van der Waals surface area contributed by atoms with E-state index in [0.717, 1.165) is 11.3 Å². The molecule has 0 saturated heterocycles. The third-order valence-corrected chi connectivity index (χ3v) is 2.73. The van der Waals surface area contributed by atoms with E-state index >= 15 is 0 Å². The van der Waals surface area contributed by atoms with Gasteiger partial charge in [-0.05, 0) is 19.4 Å². The molecule has 0 radical (unpaired) electrons. The van der Waals surface area contributed by atoms with Gasteiger partial charge in [0.2, 0.25) is 0 Å². The molecule has 1 atom stereocenters. The van der Waals surface area contributed by atoms with Gasteiger partial charge in [-0.1, -0.05) is 30.3 Å². The Bertz CT molecular complexity index is 445. The van der Waals surface area contributed by atoms with Crippen molar-refractivity contribution in [2.24, 2.45) is 5.73 Å². The zero-order valence-corrected chi connectivity index (χ0v) is 9.67. The first-order valence-corrected chi connectivity index (χ1v) is 5.52. The molecule has 1 aromatic heterocycles. The second-order valence-corrected chi connectivity index (χ2v) is 4.21. The van der Waals surface area contributed by atoms with Crippen LogP contribution in [0.15, 0.2) is 42.9 Å². The van der Waals surface area contributed by atoms with Crippen LogP contribution in [0, 0.1) is 0 Å². The van der Waals surface area contributed by atoms with Crippen LogP contribution in [0.5, 0.6) is 0 Å². The van der Waals surface area contributed by atoms with Gasteiger partial charge in [-0.3, -0.25) is 0 Å². The van der Waals surface area contributed by atoms with E-state index in [2.05, 4.69) is 23.4 Å². The van der Waals surface area contributed by atoms with E-state index in [0.29, 0.717) is 6.04 Å². The molecule has 1 heterocycles. The Morgan fingerprint density at radius 3 is 2.50 bits per heavy atom. The van der Waals surface area contributed by atoms with Gasteiger partial charge in [-0.25, -0.2) is 4.98 Å². The molecule has 3 heteroatoms. The standard InChI is InChI=1S/C13H17N3/c1-10(2)16-9-15-8-12(16)13(14)11-6-4-3-5-7-11/h3-10,13H,14H2,1-2H3. The minimum Gasteiger partial charge on any atom is -0.330 e. The summed E-state index contributed by atoms with van der Waals surface area (Å²) < 4.78 is 2.11. The van der Waals surface area contributed by atoms with E-state index in [9.17, 15) is 0 Å². The lowest BCUT2D eigenvalue weighted by atomic mass is 10.1. The van der Waals surface area contributed by atoms with Gasteiger partial charge in [0.05, 0.1) is 24.3 Å². The maximum Gasteiger partial charge on any atom is 0.0951 e. The van der Waals surface area contributed by atoms with E-state index in [1.807, 2.05) is 42.9 Å². The Kier molecular flexibility index (Phi) is 3.06. The predicted molar refractivity (Wildman–Crippen MR) is 65.1 cm³/mol. The molecule has 16 heavy (non-hydrogen) atoms. The molecule has 84 valence electrons. The van der Waals surface area contributed by atoms with Gasteiger partial charge in [0.1, 0.15) is 0 Å². The van der Waals surface area contributed by atoms with Crippen LogP contribution in [0.25, 0.3) is 0 Å². The van der Waals surface area contributed by atoms with Crippen LogP contribution in [0.4, 0.5) is 0 Å². The quantitative estimate of drug-likeness (QED) is 0.855. The maximum absolute atomic E-state index is 6.24. The van der Waals surface area contributed by atoms with Crippen LogP contribution in [0.1, 0.15) is 37.2 Å². The number of nitrogens with two attached hydrogens (primary N) is 1. The highest BCUT2D eigenvalue weighted by molar-refractivity contribution is 5.26. The number of aromatic nitrogens is 2. The summed E-state index contributed by atoms with van der Waals surface area (Å²) in [6, 6.07) is 10.4. The highest BCUT2D eigenvalue weighted by Crippen LogP contribution is 2.21. The summed E-state index contributed by atoms with van der Waals surface area (Å²) in [4.78, 5) is 4.17. The second-order valence-electron chi connectivity index (χ2n) is 4.21. The van der Waals surface area contributed by atoms with Gasteiger partial charge in [0.25, 0.3) is 0 Å². The van der Waals surface area contributed by atoms with E-state index in [1.165, 1.54) is 0 Å². The number of benzene rings is 1. The van der Waals surface area contributed by atoms with Crippen LogP contribution < -0.4 is 5.73 Å². The summed E-state index contributed by atoms with van der Waals surface area (Å²) in [5.74, 6) is 0. The van der Waals surface area contributed by atoms with Gasteiger partial charge >= 0.3 is 0 Å². The summed E-state index contributed by atoms with van der Waals surface area (Å²) in [6.07, 6.45) is 3.68. The fourth-order valence-electron chi connectivity index (χ4n) is 1.82. The predicted octanol–water partition coefficient (Wildman–Crippen LogP) is 2.51. The molecular formula is C13H17N3.